The maximum Gasteiger partial charge on any atom is -0.0383 e. The lowest BCUT2D eigenvalue weighted by atomic mass is 9.60. The van der Waals surface area contributed by atoms with Gasteiger partial charge in [0, 0.05) is 0 Å². The number of rotatable bonds is 2. The molecule has 0 aromatic rings. The van der Waals surface area contributed by atoms with Gasteiger partial charge in [-0.1, -0.05) is 20.8 Å². The highest BCUT2D eigenvalue weighted by atomic mass is 14.4. The van der Waals surface area contributed by atoms with Crippen molar-refractivity contribution in [2.75, 3.05) is 0 Å². The van der Waals surface area contributed by atoms with E-state index in [-0.39, 0.29) is 0 Å². The van der Waals surface area contributed by atoms with E-state index in [9.17, 15) is 0 Å². The first-order valence-corrected chi connectivity index (χ1v) is 6.03. The minimum Gasteiger partial charge on any atom is -0.0602 e. The molecular weight excluding hydrogens is 156 g/mol. The van der Waals surface area contributed by atoms with Crippen LogP contribution in [0.5, 0.6) is 0 Å². The standard InChI is InChI=1S/C13H24/c1-13(2,3)5-4-10-6-11-8-12(7-10)9-11/h10-12H,4-9H2,1-3H3. The lowest BCUT2D eigenvalue weighted by molar-refractivity contribution is 0.0583. The molecule has 0 radical (unpaired) electrons. The van der Waals surface area contributed by atoms with E-state index >= 15 is 0 Å². The van der Waals surface area contributed by atoms with Gasteiger partial charge in [-0.05, 0) is 61.7 Å². The first-order valence-electron chi connectivity index (χ1n) is 6.03. The third-order valence-corrected chi connectivity index (χ3v) is 3.97. The van der Waals surface area contributed by atoms with Gasteiger partial charge in [-0.2, -0.15) is 0 Å². The molecule has 0 aromatic carbocycles. The van der Waals surface area contributed by atoms with Gasteiger partial charge in [-0.3, -0.25) is 0 Å². The van der Waals surface area contributed by atoms with Gasteiger partial charge in [-0.25, -0.2) is 0 Å². The highest BCUT2D eigenvalue weighted by molar-refractivity contribution is 4.89. The molecule has 0 heterocycles. The van der Waals surface area contributed by atoms with Gasteiger partial charge < -0.3 is 0 Å². The van der Waals surface area contributed by atoms with Gasteiger partial charge in [0.2, 0.25) is 0 Å². The van der Waals surface area contributed by atoms with E-state index < -0.39 is 0 Å². The molecule has 0 unspecified atom stereocenters. The van der Waals surface area contributed by atoms with Crippen LogP contribution in [0.2, 0.25) is 0 Å². The van der Waals surface area contributed by atoms with E-state index in [1.807, 2.05) is 0 Å². The molecule has 0 N–H and O–H groups in total. The predicted molar refractivity (Wildman–Crippen MR) is 57.6 cm³/mol. The van der Waals surface area contributed by atoms with Gasteiger partial charge in [0.1, 0.15) is 0 Å². The second-order valence-corrected chi connectivity index (χ2v) is 6.64. The Hall–Kier alpha value is 0. The lowest BCUT2D eigenvalue weighted by Gasteiger charge is -2.45. The van der Waals surface area contributed by atoms with E-state index in [0.717, 1.165) is 17.8 Å². The molecule has 0 aliphatic heterocycles. The van der Waals surface area contributed by atoms with E-state index in [1.165, 1.54) is 12.8 Å². The molecule has 0 atom stereocenters. The molecule has 0 spiro atoms. The van der Waals surface area contributed by atoms with E-state index in [4.69, 9.17) is 0 Å². The topological polar surface area (TPSA) is 0 Å². The highest BCUT2D eigenvalue weighted by Crippen LogP contribution is 2.49. The van der Waals surface area contributed by atoms with Crippen molar-refractivity contribution in [2.24, 2.45) is 23.2 Å². The fourth-order valence-electron chi connectivity index (χ4n) is 3.17. The molecule has 3 aliphatic rings. The van der Waals surface area contributed by atoms with Gasteiger partial charge >= 0.3 is 0 Å². The Morgan fingerprint density at radius 1 is 0.923 bits per heavy atom. The minimum absolute atomic E-state index is 0.557. The van der Waals surface area contributed by atoms with Crippen molar-refractivity contribution >= 4 is 0 Å². The lowest BCUT2D eigenvalue weighted by Crippen LogP contribution is -2.34. The summed E-state index contributed by atoms with van der Waals surface area (Å²) < 4.78 is 0. The summed E-state index contributed by atoms with van der Waals surface area (Å²) in [6.45, 7) is 7.11. The molecule has 3 saturated carbocycles. The van der Waals surface area contributed by atoms with Gasteiger partial charge in [-0.15, -0.1) is 0 Å². The van der Waals surface area contributed by atoms with Crippen molar-refractivity contribution in [2.45, 2.75) is 59.3 Å². The largest absolute Gasteiger partial charge is 0.0602 e. The second-order valence-electron chi connectivity index (χ2n) is 6.64. The highest BCUT2D eigenvalue weighted by Gasteiger charge is 2.37. The van der Waals surface area contributed by atoms with Crippen molar-refractivity contribution in [3.63, 3.8) is 0 Å². The molecule has 0 saturated heterocycles. The van der Waals surface area contributed by atoms with Crippen molar-refractivity contribution in [3.05, 3.63) is 0 Å². The minimum atomic E-state index is 0.557. The summed E-state index contributed by atoms with van der Waals surface area (Å²) in [4.78, 5) is 0. The maximum atomic E-state index is 2.37. The molecule has 3 fully saturated rings. The number of fused-ring (bicyclic) bond motifs is 2. The molecule has 3 rings (SSSR count). The quantitative estimate of drug-likeness (QED) is 0.596. The molecule has 0 heteroatoms. The van der Waals surface area contributed by atoms with Crippen LogP contribution in [-0.2, 0) is 0 Å². The summed E-state index contributed by atoms with van der Waals surface area (Å²) in [6, 6.07) is 0. The van der Waals surface area contributed by atoms with Gasteiger partial charge in [0.25, 0.3) is 0 Å². The van der Waals surface area contributed by atoms with Gasteiger partial charge in [0.15, 0.2) is 0 Å². The summed E-state index contributed by atoms with van der Waals surface area (Å²) >= 11 is 0. The first-order chi connectivity index (χ1) is 6.03. The Morgan fingerprint density at radius 3 is 1.92 bits per heavy atom. The van der Waals surface area contributed by atoms with E-state index in [1.54, 1.807) is 25.7 Å². The maximum absolute atomic E-state index is 2.37. The Kier molecular flexibility index (Phi) is 2.42. The van der Waals surface area contributed by atoms with Gasteiger partial charge in [0.05, 0.1) is 0 Å². The summed E-state index contributed by atoms with van der Waals surface area (Å²) in [5.74, 6) is 3.38. The number of hydrogen-bond donors (Lipinski definition) is 0. The third-order valence-electron chi connectivity index (χ3n) is 3.97. The molecule has 0 aromatic heterocycles. The van der Waals surface area contributed by atoms with Crippen LogP contribution in [0.25, 0.3) is 0 Å². The van der Waals surface area contributed by atoms with Crippen molar-refractivity contribution in [3.8, 4) is 0 Å². The van der Waals surface area contributed by atoms with Crippen LogP contribution in [0.15, 0.2) is 0 Å². The molecular formula is C13H24. The molecule has 0 nitrogen and oxygen atoms in total. The van der Waals surface area contributed by atoms with Crippen LogP contribution in [0, 0.1) is 23.2 Å². The van der Waals surface area contributed by atoms with Crippen molar-refractivity contribution in [1.82, 2.24) is 0 Å². The summed E-state index contributed by atoms with van der Waals surface area (Å²) in [7, 11) is 0. The van der Waals surface area contributed by atoms with Crippen LogP contribution in [0.3, 0.4) is 0 Å². The van der Waals surface area contributed by atoms with Crippen molar-refractivity contribution in [1.29, 1.82) is 0 Å². The van der Waals surface area contributed by atoms with Crippen LogP contribution in [0.4, 0.5) is 0 Å². The second kappa shape index (κ2) is 3.29. The predicted octanol–water partition coefficient (Wildman–Crippen LogP) is 4.25. The Labute approximate surface area is 83.1 Å². The SMILES string of the molecule is CC(C)(C)CCC1CC2CC(C1)C2. The summed E-state index contributed by atoms with van der Waals surface area (Å²) in [5, 5.41) is 0. The fraction of sp³-hybridized carbons (Fsp3) is 1.00. The molecule has 2 bridgehead atoms. The average molecular weight is 180 g/mol. The Bertz CT molecular complexity index is 159. The number of hydrogen-bond acceptors (Lipinski definition) is 0. The molecule has 0 amide bonds. The van der Waals surface area contributed by atoms with Crippen LogP contribution in [-0.4, -0.2) is 0 Å². The zero-order chi connectivity index (χ0) is 9.47. The first kappa shape index (κ1) is 9.55. The van der Waals surface area contributed by atoms with Crippen LogP contribution < -0.4 is 0 Å². The molecule has 13 heavy (non-hydrogen) atoms. The third kappa shape index (κ3) is 2.48. The van der Waals surface area contributed by atoms with E-state index in [2.05, 4.69) is 20.8 Å². The van der Waals surface area contributed by atoms with E-state index in [0.29, 0.717) is 5.41 Å². The fourth-order valence-corrected chi connectivity index (χ4v) is 3.17. The monoisotopic (exact) mass is 180 g/mol. The summed E-state index contributed by atoms with van der Waals surface area (Å²) in [5.41, 5.74) is 0.557. The Balaban J connectivity index is 1.71. The zero-order valence-corrected chi connectivity index (χ0v) is 9.47. The van der Waals surface area contributed by atoms with Crippen LogP contribution in [0.1, 0.15) is 59.3 Å². The average Bonchev–Trinajstić information content (AvgIpc) is 1.99. The van der Waals surface area contributed by atoms with Crippen molar-refractivity contribution < 1.29 is 0 Å². The molecule has 3 aliphatic carbocycles. The molecule has 76 valence electrons. The summed E-state index contributed by atoms with van der Waals surface area (Å²) in [6.07, 6.45) is 9.20. The Morgan fingerprint density at radius 2 is 1.46 bits per heavy atom. The van der Waals surface area contributed by atoms with Crippen LogP contribution >= 0.6 is 0 Å². The smallest absolute Gasteiger partial charge is 0.0383 e. The zero-order valence-electron chi connectivity index (χ0n) is 9.47. The normalized spacial score (nSPS) is 38.5.